The summed E-state index contributed by atoms with van der Waals surface area (Å²) in [5.41, 5.74) is 0.890. The summed E-state index contributed by atoms with van der Waals surface area (Å²) in [5, 5.41) is 15.4. The van der Waals surface area contributed by atoms with Crippen molar-refractivity contribution >= 4 is 23.4 Å². The summed E-state index contributed by atoms with van der Waals surface area (Å²) in [5.74, 6) is 0.177. The van der Waals surface area contributed by atoms with Crippen LogP contribution in [-0.2, 0) is 4.74 Å². The molecule has 2 heterocycles. The molecule has 3 N–H and O–H groups in total. The lowest BCUT2D eigenvalue weighted by atomic mass is 10.2. The summed E-state index contributed by atoms with van der Waals surface area (Å²) in [7, 11) is 0. The number of morpholine rings is 1. The maximum Gasteiger partial charge on any atom is 0.335 e. The number of hydrogen-bond donors (Lipinski definition) is 3. The van der Waals surface area contributed by atoms with E-state index in [0.29, 0.717) is 17.5 Å². The Bertz CT molecular complexity index is 719. The number of nitrogens with zero attached hydrogens (tertiary/aromatic N) is 3. The number of ether oxygens (including phenoxy) is 1. The van der Waals surface area contributed by atoms with Crippen LogP contribution in [0.4, 0.5) is 17.5 Å². The minimum atomic E-state index is -0.961. The van der Waals surface area contributed by atoms with Crippen molar-refractivity contribution in [3.05, 3.63) is 42.1 Å². The van der Waals surface area contributed by atoms with Gasteiger partial charge in [-0.05, 0) is 24.3 Å². The van der Waals surface area contributed by atoms with Crippen LogP contribution in [0.2, 0.25) is 0 Å². The highest BCUT2D eigenvalue weighted by atomic mass is 16.5. The number of aromatic nitrogens is 2. The molecule has 1 aliphatic heterocycles. The van der Waals surface area contributed by atoms with E-state index in [9.17, 15) is 4.79 Å². The van der Waals surface area contributed by atoms with Crippen LogP contribution >= 0.6 is 0 Å². The highest BCUT2D eigenvalue weighted by Crippen LogP contribution is 2.16. The molecule has 1 aromatic carbocycles. The molecule has 25 heavy (non-hydrogen) atoms. The van der Waals surface area contributed by atoms with Gasteiger partial charge < -0.3 is 20.5 Å². The van der Waals surface area contributed by atoms with Gasteiger partial charge in [0.2, 0.25) is 5.95 Å². The van der Waals surface area contributed by atoms with Crippen LogP contribution in [0.15, 0.2) is 36.5 Å². The summed E-state index contributed by atoms with van der Waals surface area (Å²) in [4.78, 5) is 22.0. The molecule has 0 radical (unpaired) electrons. The SMILES string of the molecule is O=C(O)c1cccc(Nc2ccnc(NCCN3CCOCC3)n2)c1. The maximum absolute atomic E-state index is 11.0. The van der Waals surface area contributed by atoms with Crippen LogP contribution in [0.3, 0.4) is 0 Å². The molecular formula is C17H21N5O3. The van der Waals surface area contributed by atoms with Gasteiger partial charge in [0.15, 0.2) is 0 Å². The highest BCUT2D eigenvalue weighted by molar-refractivity contribution is 5.89. The first-order valence-electron chi connectivity index (χ1n) is 8.18. The Morgan fingerprint density at radius 3 is 2.92 bits per heavy atom. The molecule has 1 fully saturated rings. The van der Waals surface area contributed by atoms with Crippen LogP contribution in [0.5, 0.6) is 0 Å². The summed E-state index contributed by atoms with van der Waals surface area (Å²) < 4.78 is 5.33. The second-order valence-corrected chi connectivity index (χ2v) is 5.66. The number of aromatic carboxylic acids is 1. The number of carbonyl (C=O) groups is 1. The summed E-state index contributed by atoms with van der Waals surface area (Å²) in [6.45, 7) is 5.12. The van der Waals surface area contributed by atoms with Gasteiger partial charge in [-0.1, -0.05) is 6.07 Å². The molecule has 1 saturated heterocycles. The van der Waals surface area contributed by atoms with E-state index in [1.807, 2.05) is 0 Å². The third-order valence-corrected chi connectivity index (χ3v) is 3.85. The summed E-state index contributed by atoms with van der Waals surface area (Å²) >= 11 is 0. The van der Waals surface area contributed by atoms with Gasteiger partial charge in [0.25, 0.3) is 0 Å². The van der Waals surface area contributed by atoms with Gasteiger partial charge in [-0.15, -0.1) is 0 Å². The first-order valence-corrected chi connectivity index (χ1v) is 8.18. The molecule has 0 saturated carbocycles. The number of carboxylic acids is 1. The number of hydrogen-bond acceptors (Lipinski definition) is 7. The molecular weight excluding hydrogens is 322 g/mol. The molecule has 8 heteroatoms. The minimum absolute atomic E-state index is 0.225. The molecule has 1 aromatic heterocycles. The van der Waals surface area contributed by atoms with E-state index in [0.717, 1.165) is 39.4 Å². The lowest BCUT2D eigenvalue weighted by Crippen LogP contribution is -2.39. The van der Waals surface area contributed by atoms with Gasteiger partial charge in [0, 0.05) is 38.1 Å². The normalized spacial score (nSPS) is 14.9. The number of nitrogens with one attached hydrogen (secondary N) is 2. The van der Waals surface area contributed by atoms with E-state index in [1.54, 1.807) is 36.5 Å². The Kier molecular flexibility index (Phi) is 5.76. The van der Waals surface area contributed by atoms with Crippen molar-refractivity contribution in [3.8, 4) is 0 Å². The van der Waals surface area contributed by atoms with Crippen LogP contribution < -0.4 is 10.6 Å². The lowest BCUT2D eigenvalue weighted by molar-refractivity contribution is 0.0398. The Balaban J connectivity index is 1.55. The number of benzene rings is 1. The van der Waals surface area contributed by atoms with Crippen molar-refractivity contribution in [2.45, 2.75) is 0 Å². The van der Waals surface area contributed by atoms with Crippen molar-refractivity contribution in [1.29, 1.82) is 0 Å². The van der Waals surface area contributed by atoms with Crippen molar-refractivity contribution in [2.75, 3.05) is 50.0 Å². The smallest absolute Gasteiger partial charge is 0.335 e. The summed E-state index contributed by atoms with van der Waals surface area (Å²) in [6.07, 6.45) is 1.66. The number of anilines is 3. The Morgan fingerprint density at radius 1 is 1.28 bits per heavy atom. The third-order valence-electron chi connectivity index (χ3n) is 3.85. The van der Waals surface area contributed by atoms with Crippen molar-refractivity contribution in [1.82, 2.24) is 14.9 Å². The summed E-state index contributed by atoms with van der Waals surface area (Å²) in [6, 6.07) is 8.33. The zero-order valence-corrected chi connectivity index (χ0v) is 13.8. The highest BCUT2D eigenvalue weighted by Gasteiger charge is 2.09. The number of carboxylic acid groups (broad SMARTS) is 1. The lowest BCUT2D eigenvalue weighted by Gasteiger charge is -2.26. The van der Waals surface area contributed by atoms with Crippen LogP contribution in [0.25, 0.3) is 0 Å². The minimum Gasteiger partial charge on any atom is -0.478 e. The predicted molar refractivity (Wildman–Crippen MR) is 94.5 cm³/mol. The molecule has 0 bridgehead atoms. The van der Waals surface area contributed by atoms with Gasteiger partial charge in [-0.25, -0.2) is 9.78 Å². The van der Waals surface area contributed by atoms with E-state index in [-0.39, 0.29) is 5.56 Å². The van der Waals surface area contributed by atoms with E-state index < -0.39 is 5.97 Å². The zero-order valence-electron chi connectivity index (χ0n) is 13.8. The fourth-order valence-electron chi connectivity index (χ4n) is 2.54. The molecule has 0 atom stereocenters. The molecule has 0 unspecified atom stereocenters. The Morgan fingerprint density at radius 2 is 2.12 bits per heavy atom. The zero-order chi connectivity index (χ0) is 17.5. The first kappa shape index (κ1) is 17.1. The van der Waals surface area contributed by atoms with Gasteiger partial charge in [0.05, 0.1) is 18.8 Å². The molecule has 0 amide bonds. The fraction of sp³-hybridized carbons (Fsp3) is 0.353. The van der Waals surface area contributed by atoms with Crippen molar-refractivity contribution in [3.63, 3.8) is 0 Å². The molecule has 132 valence electrons. The molecule has 3 rings (SSSR count). The van der Waals surface area contributed by atoms with E-state index >= 15 is 0 Å². The topological polar surface area (TPSA) is 99.6 Å². The largest absolute Gasteiger partial charge is 0.478 e. The van der Waals surface area contributed by atoms with Crippen LogP contribution in [-0.4, -0.2) is 65.3 Å². The molecule has 8 nitrogen and oxygen atoms in total. The van der Waals surface area contributed by atoms with Gasteiger partial charge in [-0.3, -0.25) is 4.90 Å². The maximum atomic E-state index is 11.0. The van der Waals surface area contributed by atoms with Crippen LogP contribution in [0, 0.1) is 0 Å². The second kappa shape index (κ2) is 8.41. The van der Waals surface area contributed by atoms with E-state index in [2.05, 4.69) is 25.5 Å². The third kappa shape index (κ3) is 5.13. The average Bonchev–Trinajstić information content (AvgIpc) is 2.63. The van der Waals surface area contributed by atoms with E-state index in [4.69, 9.17) is 9.84 Å². The molecule has 0 aliphatic carbocycles. The molecule has 0 spiro atoms. The first-order chi connectivity index (χ1) is 12.2. The standard InChI is InChI=1S/C17H21N5O3/c23-16(24)13-2-1-3-14(12-13)20-15-4-5-18-17(21-15)19-6-7-22-8-10-25-11-9-22/h1-5,12H,6-11H2,(H,23,24)(H2,18,19,20,21). The van der Waals surface area contributed by atoms with Crippen LogP contribution in [0.1, 0.15) is 10.4 Å². The second-order valence-electron chi connectivity index (χ2n) is 5.66. The van der Waals surface area contributed by atoms with Gasteiger partial charge in [0.1, 0.15) is 5.82 Å². The molecule has 1 aliphatic rings. The predicted octanol–water partition coefficient (Wildman–Crippen LogP) is 1.66. The van der Waals surface area contributed by atoms with E-state index in [1.165, 1.54) is 0 Å². The van der Waals surface area contributed by atoms with Crippen molar-refractivity contribution in [2.24, 2.45) is 0 Å². The molecule has 2 aromatic rings. The van der Waals surface area contributed by atoms with Gasteiger partial charge in [-0.2, -0.15) is 4.98 Å². The Labute approximate surface area is 145 Å². The quantitative estimate of drug-likeness (QED) is 0.698. The fourth-order valence-corrected chi connectivity index (χ4v) is 2.54. The average molecular weight is 343 g/mol. The van der Waals surface area contributed by atoms with Crippen molar-refractivity contribution < 1.29 is 14.6 Å². The Hall–Kier alpha value is -2.71. The van der Waals surface area contributed by atoms with Gasteiger partial charge >= 0.3 is 5.97 Å². The number of rotatable bonds is 7. The monoisotopic (exact) mass is 343 g/mol.